The predicted molar refractivity (Wildman–Crippen MR) is 118 cm³/mol. The summed E-state index contributed by atoms with van der Waals surface area (Å²) in [5.74, 6) is -0.319. The Balaban J connectivity index is 1.51. The fourth-order valence-electron chi connectivity index (χ4n) is 3.83. The number of hydrogen-bond acceptors (Lipinski definition) is 4. The van der Waals surface area contributed by atoms with Gasteiger partial charge in [0.15, 0.2) is 0 Å². The second-order valence-corrected chi connectivity index (χ2v) is 7.47. The minimum absolute atomic E-state index is 0.257. The van der Waals surface area contributed by atoms with Crippen LogP contribution in [0.15, 0.2) is 53.3 Å². The van der Waals surface area contributed by atoms with Gasteiger partial charge in [0.05, 0.1) is 0 Å². The number of aromatic amines is 1. The topological polar surface area (TPSA) is 68.4 Å². The van der Waals surface area contributed by atoms with Crippen molar-refractivity contribution in [2.45, 2.75) is 13.8 Å². The Kier molecular flexibility index (Phi) is 5.36. The summed E-state index contributed by atoms with van der Waals surface area (Å²) in [5.41, 5.74) is 2.92. The van der Waals surface area contributed by atoms with Crippen LogP contribution >= 0.6 is 0 Å². The number of likely N-dealkylation sites (N-methyl/N-ethyl adjacent to an activating group) is 1. The van der Waals surface area contributed by atoms with E-state index in [1.54, 1.807) is 12.1 Å². The van der Waals surface area contributed by atoms with Gasteiger partial charge in [-0.25, -0.2) is 0 Å². The number of piperazine rings is 1. The average Bonchev–Trinajstić information content (AvgIpc) is 2.75. The number of hydrogen-bond donors (Lipinski definition) is 2. The highest BCUT2D eigenvalue weighted by molar-refractivity contribution is 6.05. The van der Waals surface area contributed by atoms with Crippen molar-refractivity contribution >= 4 is 28.1 Å². The molecule has 0 atom stereocenters. The van der Waals surface area contributed by atoms with E-state index >= 15 is 0 Å². The van der Waals surface area contributed by atoms with Gasteiger partial charge in [0.1, 0.15) is 5.69 Å². The lowest BCUT2D eigenvalue weighted by Gasteiger charge is -2.35. The van der Waals surface area contributed by atoms with Gasteiger partial charge in [0, 0.05) is 42.9 Å². The summed E-state index contributed by atoms with van der Waals surface area (Å²) in [6.45, 7) is 9.45. The summed E-state index contributed by atoms with van der Waals surface area (Å²) in [5, 5.41) is 4.26. The predicted octanol–water partition coefficient (Wildman–Crippen LogP) is 3.23. The van der Waals surface area contributed by atoms with Crippen LogP contribution in [0, 0.1) is 6.92 Å². The van der Waals surface area contributed by atoms with Crippen molar-refractivity contribution in [2.75, 3.05) is 42.9 Å². The number of fused-ring (bicyclic) bond motifs is 1. The number of anilines is 2. The molecule has 0 aliphatic carbocycles. The third-order valence-corrected chi connectivity index (χ3v) is 5.64. The van der Waals surface area contributed by atoms with Crippen molar-refractivity contribution in [3.05, 3.63) is 70.1 Å². The molecule has 1 aliphatic heterocycles. The third kappa shape index (κ3) is 4.03. The molecule has 2 heterocycles. The van der Waals surface area contributed by atoms with E-state index in [-0.39, 0.29) is 17.2 Å². The Morgan fingerprint density at radius 2 is 1.83 bits per heavy atom. The van der Waals surface area contributed by atoms with Crippen molar-refractivity contribution in [1.82, 2.24) is 9.88 Å². The Bertz CT molecular complexity index is 1100. The van der Waals surface area contributed by atoms with E-state index in [1.807, 2.05) is 37.3 Å². The molecule has 0 unspecified atom stereocenters. The van der Waals surface area contributed by atoms with Crippen LogP contribution in [0.1, 0.15) is 23.0 Å². The van der Waals surface area contributed by atoms with Crippen molar-refractivity contribution < 1.29 is 4.79 Å². The lowest BCUT2D eigenvalue weighted by molar-refractivity contribution is 0.102. The molecular formula is C23H26N4O2. The highest BCUT2D eigenvalue weighted by Crippen LogP contribution is 2.24. The average molecular weight is 390 g/mol. The molecule has 6 heteroatoms. The standard InChI is InChI=1S/C23H26N4O2/c1-3-26-10-12-27(13-11-26)18-8-9-20(16(2)14-18)24-23(29)21-15-17-6-4-5-7-19(17)22(28)25-21/h4-9,14-15H,3,10-13H2,1-2H3,(H,24,29)(H,25,28). The summed E-state index contributed by atoms with van der Waals surface area (Å²) in [4.78, 5) is 32.5. The van der Waals surface area contributed by atoms with Gasteiger partial charge in [-0.2, -0.15) is 0 Å². The lowest BCUT2D eigenvalue weighted by atomic mass is 10.1. The van der Waals surface area contributed by atoms with Crippen LogP contribution in [0.2, 0.25) is 0 Å². The van der Waals surface area contributed by atoms with Gasteiger partial charge in [-0.1, -0.05) is 25.1 Å². The zero-order valence-corrected chi connectivity index (χ0v) is 16.9. The molecule has 3 aromatic rings. The highest BCUT2D eigenvalue weighted by atomic mass is 16.2. The van der Waals surface area contributed by atoms with E-state index in [0.29, 0.717) is 5.39 Å². The van der Waals surface area contributed by atoms with Crippen LogP contribution in [0.3, 0.4) is 0 Å². The number of nitrogens with zero attached hydrogens (tertiary/aromatic N) is 2. The number of carbonyl (C=O) groups excluding carboxylic acids is 1. The quantitative estimate of drug-likeness (QED) is 0.718. The smallest absolute Gasteiger partial charge is 0.272 e. The number of amides is 1. The van der Waals surface area contributed by atoms with Crippen LogP contribution in [0.5, 0.6) is 0 Å². The third-order valence-electron chi connectivity index (χ3n) is 5.64. The van der Waals surface area contributed by atoms with Crippen molar-refractivity contribution in [2.24, 2.45) is 0 Å². The van der Waals surface area contributed by atoms with E-state index in [2.05, 4.69) is 33.1 Å². The summed E-state index contributed by atoms with van der Waals surface area (Å²) in [7, 11) is 0. The van der Waals surface area contributed by atoms with E-state index in [1.165, 1.54) is 5.69 Å². The van der Waals surface area contributed by atoms with Gasteiger partial charge >= 0.3 is 0 Å². The number of rotatable bonds is 4. The molecule has 1 saturated heterocycles. The minimum atomic E-state index is -0.319. The first kappa shape index (κ1) is 19.2. The molecule has 1 aromatic heterocycles. The van der Waals surface area contributed by atoms with Crippen LogP contribution in [0.4, 0.5) is 11.4 Å². The number of aromatic nitrogens is 1. The Labute approximate surface area is 170 Å². The van der Waals surface area contributed by atoms with Gasteiger partial charge in [-0.05, 0) is 54.8 Å². The summed E-state index contributed by atoms with van der Waals surface area (Å²) in [6, 6.07) is 15.1. The monoisotopic (exact) mass is 390 g/mol. The van der Waals surface area contributed by atoms with E-state index in [0.717, 1.165) is 49.4 Å². The number of H-pyrrole nitrogens is 1. The molecule has 29 heavy (non-hydrogen) atoms. The first-order chi connectivity index (χ1) is 14.0. The minimum Gasteiger partial charge on any atom is -0.369 e. The van der Waals surface area contributed by atoms with Gasteiger partial charge in [-0.3, -0.25) is 9.59 Å². The number of nitrogens with one attached hydrogen (secondary N) is 2. The van der Waals surface area contributed by atoms with Gasteiger partial charge in [0.25, 0.3) is 11.5 Å². The molecule has 2 N–H and O–H groups in total. The Hall–Kier alpha value is -3.12. The lowest BCUT2D eigenvalue weighted by Crippen LogP contribution is -2.46. The van der Waals surface area contributed by atoms with Crippen molar-refractivity contribution in [3.8, 4) is 0 Å². The maximum Gasteiger partial charge on any atom is 0.272 e. The molecule has 1 fully saturated rings. The number of aryl methyl sites for hydroxylation is 1. The summed E-state index contributed by atoms with van der Waals surface area (Å²) in [6.07, 6.45) is 0. The highest BCUT2D eigenvalue weighted by Gasteiger charge is 2.17. The largest absolute Gasteiger partial charge is 0.369 e. The molecule has 0 saturated carbocycles. The molecule has 0 radical (unpaired) electrons. The van der Waals surface area contributed by atoms with Crippen LogP contribution in [-0.4, -0.2) is 48.5 Å². The maximum atomic E-state index is 12.7. The number of carbonyl (C=O) groups is 1. The van der Waals surface area contributed by atoms with Gasteiger partial charge < -0.3 is 20.1 Å². The van der Waals surface area contributed by atoms with Crippen molar-refractivity contribution in [1.29, 1.82) is 0 Å². The zero-order valence-electron chi connectivity index (χ0n) is 16.9. The second-order valence-electron chi connectivity index (χ2n) is 7.47. The maximum absolute atomic E-state index is 12.7. The molecule has 1 amide bonds. The number of benzene rings is 2. The van der Waals surface area contributed by atoms with E-state index in [9.17, 15) is 9.59 Å². The Morgan fingerprint density at radius 3 is 2.55 bits per heavy atom. The van der Waals surface area contributed by atoms with Crippen LogP contribution in [-0.2, 0) is 0 Å². The summed E-state index contributed by atoms with van der Waals surface area (Å²) >= 11 is 0. The van der Waals surface area contributed by atoms with Gasteiger partial charge in [-0.15, -0.1) is 0 Å². The second kappa shape index (κ2) is 8.09. The normalized spacial score (nSPS) is 14.9. The summed E-state index contributed by atoms with van der Waals surface area (Å²) < 4.78 is 0. The van der Waals surface area contributed by atoms with Crippen LogP contribution < -0.4 is 15.8 Å². The fourth-order valence-corrected chi connectivity index (χ4v) is 3.83. The molecule has 4 rings (SSSR count). The van der Waals surface area contributed by atoms with E-state index in [4.69, 9.17) is 0 Å². The number of pyridine rings is 1. The zero-order chi connectivity index (χ0) is 20.4. The first-order valence-corrected chi connectivity index (χ1v) is 10.1. The van der Waals surface area contributed by atoms with Crippen LogP contribution in [0.25, 0.3) is 10.8 Å². The Morgan fingerprint density at radius 1 is 1.07 bits per heavy atom. The molecule has 150 valence electrons. The van der Waals surface area contributed by atoms with Gasteiger partial charge in [0.2, 0.25) is 0 Å². The fraction of sp³-hybridized carbons (Fsp3) is 0.304. The van der Waals surface area contributed by atoms with E-state index < -0.39 is 0 Å². The molecule has 1 aliphatic rings. The molecule has 0 spiro atoms. The molecule has 6 nitrogen and oxygen atoms in total. The molecule has 2 aromatic carbocycles. The first-order valence-electron chi connectivity index (χ1n) is 10.1. The molecule has 0 bridgehead atoms. The van der Waals surface area contributed by atoms with Crippen molar-refractivity contribution in [3.63, 3.8) is 0 Å². The SMILES string of the molecule is CCN1CCN(c2ccc(NC(=O)c3cc4ccccc4c(=O)[nH]3)c(C)c2)CC1. The molecular weight excluding hydrogens is 364 g/mol.